The van der Waals surface area contributed by atoms with Gasteiger partial charge in [-0.3, -0.25) is 0 Å². The van der Waals surface area contributed by atoms with Crippen molar-refractivity contribution >= 4 is 22.4 Å². The average Bonchev–Trinajstić information content (AvgIpc) is 2.93. The van der Waals surface area contributed by atoms with Crippen LogP contribution in [0, 0.1) is 13.8 Å². The lowest BCUT2D eigenvalue weighted by atomic mass is 9.98. The molecule has 1 aromatic carbocycles. The summed E-state index contributed by atoms with van der Waals surface area (Å²) in [4.78, 5) is 0. The maximum atomic E-state index is 13.4. The Morgan fingerprint density at radius 2 is 1.88 bits per heavy atom. The third-order valence-corrected chi connectivity index (χ3v) is 5.24. The molecule has 0 bridgehead atoms. The summed E-state index contributed by atoms with van der Waals surface area (Å²) in [5.74, 6) is 0.803. The predicted octanol–water partition coefficient (Wildman–Crippen LogP) is 3.27. The smallest absolute Gasteiger partial charge is 0.223 e. The van der Waals surface area contributed by atoms with E-state index < -0.39 is 11.7 Å². The van der Waals surface area contributed by atoms with Crippen molar-refractivity contribution in [3.63, 3.8) is 0 Å². The normalized spacial score (nSPS) is 14.9. The molecular formula is C18H19F3N2S+2. The van der Waals surface area contributed by atoms with E-state index in [1.165, 1.54) is 12.1 Å². The van der Waals surface area contributed by atoms with Crippen molar-refractivity contribution in [3.05, 3.63) is 58.9 Å². The lowest BCUT2D eigenvalue weighted by molar-refractivity contribution is -0.603. The van der Waals surface area contributed by atoms with Crippen molar-refractivity contribution in [2.45, 2.75) is 20.0 Å². The van der Waals surface area contributed by atoms with Crippen LogP contribution in [-0.2, 0) is 6.18 Å². The molecule has 24 heavy (non-hydrogen) atoms. The lowest BCUT2D eigenvalue weighted by Gasteiger charge is -2.12. The molecular weight excluding hydrogens is 333 g/mol. The highest BCUT2D eigenvalue weighted by Crippen LogP contribution is 2.32. The molecule has 0 spiro atoms. The molecule has 1 aliphatic heterocycles. The van der Waals surface area contributed by atoms with Crippen LogP contribution < -0.4 is 4.57 Å². The zero-order valence-electron chi connectivity index (χ0n) is 13.7. The second-order valence-corrected chi connectivity index (χ2v) is 6.82. The van der Waals surface area contributed by atoms with E-state index in [1.807, 2.05) is 49.0 Å². The minimum absolute atomic E-state index is 0.566. The number of rotatable bonds is 2. The molecule has 3 rings (SSSR count). The summed E-state index contributed by atoms with van der Waals surface area (Å²) in [6, 6.07) is 8.09. The number of halogens is 3. The van der Waals surface area contributed by atoms with Gasteiger partial charge in [-0.1, -0.05) is 6.07 Å². The Labute approximate surface area is 142 Å². The zero-order chi connectivity index (χ0) is 17.5. The van der Waals surface area contributed by atoms with Crippen LogP contribution in [0.25, 0.3) is 5.69 Å². The Morgan fingerprint density at radius 1 is 1.12 bits per heavy atom. The molecule has 2 nitrogen and oxygen atoms in total. The molecule has 126 valence electrons. The van der Waals surface area contributed by atoms with Crippen LogP contribution in [0.3, 0.4) is 0 Å². The van der Waals surface area contributed by atoms with Crippen molar-refractivity contribution in [3.8, 4) is 5.69 Å². The maximum Gasteiger partial charge on any atom is 0.416 e. The highest BCUT2D eigenvalue weighted by atomic mass is 32.1. The fraction of sp³-hybridized carbons (Fsp3) is 0.278. The first-order chi connectivity index (χ1) is 11.3. The van der Waals surface area contributed by atoms with Gasteiger partial charge in [-0.05, 0) is 13.0 Å². The number of hydrogen-bond donors (Lipinski definition) is 1. The van der Waals surface area contributed by atoms with Gasteiger partial charge in [-0.15, -0.1) is 11.4 Å². The first-order valence-corrected chi connectivity index (χ1v) is 8.71. The molecule has 0 atom stereocenters. The standard InChI is InChI=1S/C18H19F3N2S/c1-12-6-4-5-7-23(12)16-9-14(18(19,20)21)8-15(13(16)2)17-10-24-11-22(17)3/h4-10,24H,11H2,1-3H3/q+2. The third-order valence-electron chi connectivity index (χ3n) is 4.23. The van der Waals surface area contributed by atoms with Gasteiger partial charge in [0.15, 0.2) is 17.8 Å². The zero-order valence-corrected chi connectivity index (χ0v) is 14.6. The molecule has 0 N–H and O–H groups in total. The molecule has 6 heteroatoms. The maximum absolute atomic E-state index is 13.4. The Kier molecular flexibility index (Phi) is 4.34. The average molecular weight is 352 g/mol. The highest BCUT2D eigenvalue weighted by Gasteiger charge is 2.35. The summed E-state index contributed by atoms with van der Waals surface area (Å²) in [5, 5.41) is 1.98. The van der Waals surface area contributed by atoms with Crippen LogP contribution in [-0.4, -0.2) is 28.6 Å². The SMILES string of the molecule is Cc1c(C2=[N+](C)C[SH]=C2)cc(C(F)(F)F)cc1-[n+]1ccccc1C. The Balaban J connectivity index is 2.32. The van der Waals surface area contributed by atoms with Gasteiger partial charge in [-0.2, -0.15) is 17.7 Å². The Morgan fingerprint density at radius 3 is 2.46 bits per heavy atom. The first-order valence-electron chi connectivity index (χ1n) is 7.57. The van der Waals surface area contributed by atoms with E-state index in [2.05, 4.69) is 0 Å². The number of thiol groups is 1. The van der Waals surface area contributed by atoms with E-state index in [4.69, 9.17) is 0 Å². The minimum atomic E-state index is -4.38. The first kappa shape index (κ1) is 16.9. The summed E-state index contributed by atoms with van der Waals surface area (Å²) in [6.07, 6.45) is -2.58. The molecule has 0 unspecified atom stereocenters. The molecule has 0 saturated heterocycles. The van der Waals surface area contributed by atoms with Gasteiger partial charge < -0.3 is 0 Å². The number of aromatic nitrogens is 1. The predicted molar refractivity (Wildman–Crippen MR) is 92.7 cm³/mol. The number of benzene rings is 1. The molecule has 0 aliphatic carbocycles. The van der Waals surface area contributed by atoms with E-state index in [1.54, 1.807) is 10.8 Å². The van der Waals surface area contributed by atoms with Gasteiger partial charge in [0.05, 0.1) is 11.1 Å². The monoisotopic (exact) mass is 352 g/mol. The van der Waals surface area contributed by atoms with Crippen molar-refractivity contribution in [2.24, 2.45) is 0 Å². The molecule has 0 radical (unpaired) electrons. The van der Waals surface area contributed by atoms with Crippen LogP contribution in [0.1, 0.15) is 22.4 Å². The largest absolute Gasteiger partial charge is 0.416 e. The second kappa shape index (κ2) is 6.16. The van der Waals surface area contributed by atoms with Crippen molar-refractivity contribution in [1.82, 2.24) is 0 Å². The highest BCUT2D eigenvalue weighted by molar-refractivity contribution is 7.98. The number of hydrogen-bond acceptors (Lipinski definition) is 0. The Hall–Kier alpha value is -1.95. The summed E-state index contributed by atoms with van der Waals surface area (Å²) >= 11 is 1.10. The summed E-state index contributed by atoms with van der Waals surface area (Å²) in [5.41, 5.74) is 3.18. The summed E-state index contributed by atoms with van der Waals surface area (Å²) < 4.78 is 44.1. The summed E-state index contributed by atoms with van der Waals surface area (Å²) in [6.45, 7) is 3.77. The van der Waals surface area contributed by atoms with E-state index in [9.17, 15) is 13.2 Å². The number of aryl methyl sites for hydroxylation is 1. The molecule has 0 fully saturated rings. The Bertz CT molecular complexity index is 867. The van der Waals surface area contributed by atoms with E-state index in [-0.39, 0.29) is 0 Å². The summed E-state index contributed by atoms with van der Waals surface area (Å²) in [7, 11) is 1.91. The molecule has 2 aromatic rings. The minimum Gasteiger partial charge on any atom is -0.223 e. The van der Waals surface area contributed by atoms with E-state index >= 15 is 0 Å². The van der Waals surface area contributed by atoms with Crippen molar-refractivity contribution in [2.75, 3.05) is 12.9 Å². The van der Waals surface area contributed by atoms with Gasteiger partial charge in [-0.25, -0.2) is 4.58 Å². The second-order valence-electron chi connectivity index (χ2n) is 5.91. The van der Waals surface area contributed by atoms with Gasteiger partial charge in [0, 0.05) is 36.1 Å². The van der Waals surface area contributed by atoms with Crippen LogP contribution in [0.2, 0.25) is 0 Å². The van der Waals surface area contributed by atoms with Gasteiger partial charge in [0.1, 0.15) is 7.05 Å². The molecule has 2 heterocycles. The quantitative estimate of drug-likeness (QED) is 0.482. The topological polar surface area (TPSA) is 6.89 Å². The molecule has 0 saturated carbocycles. The fourth-order valence-corrected chi connectivity index (χ4v) is 3.87. The van der Waals surface area contributed by atoms with Crippen molar-refractivity contribution in [1.29, 1.82) is 0 Å². The number of nitrogens with zero attached hydrogens (tertiary/aromatic N) is 2. The number of pyridine rings is 1. The van der Waals surface area contributed by atoms with Gasteiger partial charge in [0.25, 0.3) is 0 Å². The van der Waals surface area contributed by atoms with Crippen molar-refractivity contribution < 1.29 is 22.3 Å². The fourth-order valence-electron chi connectivity index (χ4n) is 2.88. The molecule has 1 aromatic heterocycles. The molecule has 0 amide bonds. The van der Waals surface area contributed by atoms with Crippen LogP contribution >= 0.6 is 11.4 Å². The number of alkyl halides is 3. The van der Waals surface area contributed by atoms with Gasteiger partial charge in [0.2, 0.25) is 11.4 Å². The molecule has 1 aliphatic rings. The van der Waals surface area contributed by atoms with Crippen LogP contribution in [0.15, 0.2) is 36.5 Å². The van der Waals surface area contributed by atoms with E-state index in [0.717, 1.165) is 34.2 Å². The van der Waals surface area contributed by atoms with E-state index in [0.29, 0.717) is 11.3 Å². The lowest BCUT2D eigenvalue weighted by Crippen LogP contribution is -2.35. The third kappa shape index (κ3) is 3.02. The van der Waals surface area contributed by atoms with Crippen LogP contribution in [0.5, 0.6) is 0 Å². The van der Waals surface area contributed by atoms with Crippen LogP contribution in [0.4, 0.5) is 13.2 Å². The van der Waals surface area contributed by atoms with Gasteiger partial charge >= 0.3 is 6.18 Å².